The van der Waals surface area contributed by atoms with Gasteiger partial charge < -0.3 is 19.7 Å². The van der Waals surface area contributed by atoms with E-state index in [4.69, 9.17) is 21.1 Å². The average Bonchev–Trinajstić information content (AvgIpc) is 3.59. The Kier molecular flexibility index (Phi) is 12.4. The summed E-state index contributed by atoms with van der Waals surface area (Å²) in [5, 5.41) is 6.68. The predicted octanol–water partition coefficient (Wildman–Crippen LogP) is 7.41. The molecule has 0 bridgehead atoms. The maximum Gasteiger partial charge on any atom is 0.410 e. The van der Waals surface area contributed by atoms with E-state index >= 15 is 0 Å². The minimum atomic E-state index is -4.38. The molecule has 2 fully saturated rings. The van der Waals surface area contributed by atoms with Gasteiger partial charge in [0.15, 0.2) is 10.8 Å². The summed E-state index contributed by atoms with van der Waals surface area (Å²) in [6.45, 7) is 11.0. The van der Waals surface area contributed by atoms with E-state index in [-0.39, 0.29) is 58.5 Å². The van der Waals surface area contributed by atoms with Crippen LogP contribution in [0.1, 0.15) is 89.9 Å². The summed E-state index contributed by atoms with van der Waals surface area (Å²) in [6.07, 6.45) is 2.02. The van der Waals surface area contributed by atoms with E-state index in [0.717, 1.165) is 32.1 Å². The highest BCUT2D eigenvalue weighted by Gasteiger charge is 2.55. The normalized spacial score (nSPS) is 19.7. The fourth-order valence-electron chi connectivity index (χ4n) is 6.58. The third-order valence-corrected chi connectivity index (χ3v) is 10.9. The third kappa shape index (κ3) is 11.0. The maximum absolute atomic E-state index is 13.1. The summed E-state index contributed by atoms with van der Waals surface area (Å²) >= 11 is 6.26. The molecule has 2 amide bonds. The van der Waals surface area contributed by atoms with Crippen molar-refractivity contribution in [3.63, 3.8) is 0 Å². The number of unbranched alkanes of at least 4 members (excludes halogenated alkanes) is 2. The van der Waals surface area contributed by atoms with Gasteiger partial charge in [-0.15, -0.1) is 5.10 Å². The molecule has 3 atom stereocenters. The second-order valence-corrected chi connectivity index (χ2v) is 17.4. The van der Waals surface area contributed by atoms with E-state index in [9.17, 15) is 31.2 Å². The van der Waals surface area contributed by atoms with E-state index in [2.05, 4.69) is 34.2 Å². The predicted molar refractivity (Wildman–Crippen MR) is 195 cm³/mol. The number of nitrogens with zero attached hydrogens (tertiary/aromatic N) is 5. The van der Waals surface area contributed by atoms with E-state index in [0.29, 0.717) is 24.8 Å². The van der Waals surface area contributed by atoms with Gasteiger partial charge in [0.2, 0.25) is 5.88 Å². The van der Waals surface area contributed by atoms with Crippen LogP contribution in [0.25, 0.3) is 5.82 Å². The monoisotopic (exact) mass is 797 g/mol. The number of ether oxygens (including phenoxy) is 2. The van der Waals surface area contributed by atoms with E-state index in [1.807, 2.05) is 30.4 Å². The molecule has 1 saturated heterocycles. The van der Waals surface area contributed by atoms with Crippen LogP contribution < -0.4 is 14.8 Å². The molecule has 3 aromatic heterocycles. The second-order valence-electron chi connectivity index (χ2n) is 15.4. The number of amides is 2. The number of halogens is 4. The molecular formula is C36H47ClF3N7O6S. The number of hydrogen-bond acceptors (Lipinski definition) is 10. The molecule has 2 N–H and O–H groups in total. The molecule has 18 heteroatoms. The summed E-state index contributed by atoms with van der Waals surface area (Å²) in [7, 11) is -4.38. The fourth-order valence-corrected chi connectivity index (χ4v) is 7.75. The van der Waals surface area contributed by atoms with Crippen molar-refractivity contribution >= 4 is 39.4 Å². The van der Waals surface area contributed by atoms with Crippen LogP contribution >= 0.6 is 11.6 Å². The molecule has 0 radical (unpaired) electrons. The Bertz CT molecular complexity index is 1920. The maximum atomic E-state index is 13.1. The lowest BCUT2D eigenvalue weighted by Gasteiger charge is -2.33. The highest BCUT2D eigenvalue weighted by Crippen LogP contribution is 2.51. The number of nitrogens with one attached hydrogen (secondary N) is 2. The number of hydrogen-bond donors (Lipinski definition) is 2. The molecule has 4 heterocycles. The lowest BCUT2D eigenvalue weighted by molar-refractivity contribution is -0.151. The van der Waals surface area contributed by atoms with Crippen molar-refractivity contribution in [3.05, 3.63) is 53.3 Å². The van der Waals surface area contributed by atoms with Crippen molar-refractivity contribution in [3.8, 4) is 11.7 Å². The number of likely N-dealkylation sites (tertiary alicyclic amines) is 1. The second kappa shape index (κ2) is 16.3. The minimum Gasteiger partial charge on any atom is -0.477 e. The zero-order chi connectivity index (χ0) is 39.5. The number of aromatic nitrogens is 4. The van der Waals surface area contributed by atoms with Gasteiger partial charge in [0.25, 0.3) is 15.9 Å². The number of anilines is 1. The molecule has 2 aliphatic rings. The van der Waals surface area contributed by atoms with Crippen molar-refractivity contribution < 1.29 is 40.7 Å². The minimum absolute atomic E-state index is 0.0725. The Labute approximate surface area is 318 Å². The SMILES string of the molecule is CC(C)(C)OC(=O)N1CC(CCCCCNc2cccc(S(=O)(=O)NC(=O)c3ccc(-n4ccc(OCCC5CC5C(F)(F)F)n4)nc3Cl)n2)CC1(C)C. The van der Waals surface area contributed by atoms with Gasteiger partial charge >= 0.3 is 12.3 Å². The van der Waals surface area contributed by atoms with Gasteiger partial charge in [-0.25, -0.2) is 24.2 Å². The molecule has 296 valence electrons. The van der Waals surface area contributed by atoms with Crippen LogP contribution in [0.15, 0.2) is 47.6 Å². The van der Waals surface area contributed by atoms with Crippen LogP contribution in [0.3, 0.4) is 0 Å². The Hall–Kier alpha value is -4.12. The zero-order valence-electron chi connectivity index (χ0n) is 31.0. The Balaban J connectivity index is 1.05. The summed E-state index contributed by atoms with van der Waals surface area (Å²) in [4.78, 5) is 35.8. The van der Waals surface area contributed by atoms with Crippen LogP contribution in [0, 0.1) is 17.8 Å². The molecule has 1 aliphatic carbocycles. The van der Waals surface area contributed by atoms with Gasteiger partial charge in [-0.2, -0.15) is 21.6 Å². The average molecular weight is 798 g/mol. The molecule has 1 saturated carbocycles. The first-order chi connectivity index (χ1) is 25.2. The standard InChI is InChI=1S/C36H47ClF3N7O6S/c1-34(2,3)53-33(49)46-22-23(21-35(46,4)5)10-7-6-8-17-41-27-11-9-12-30(42-27)54(50,51)45-32(48)25-13-14-28(43-31(25)37)47-18-15-29(44-47)52-19-16-24-20-26(24)36(38,39)40/h9,11-15,18,23-24,26H,6-8,10,16-17,19-22H2,1-5H3,(H,41,42)(H,45,48). The molecule has 1 aliphatic heterocycles. The first kappa shape index (κ1) is 41.1. The van der Waals surface area contributed by atoms with Crippen LogP contribution in [0.5, 0.6) is 5.88 Å². The van der Waals surface area contributed by atoms with Crippen LogP contribution in [-0.4, -0.2) is 82.1 Å². The van der Waals surface area contributed by atoms with Crippen molar-refractivity contribution in [1.82, 2.24) is 29.4 Å². The Morgan fingerprint density at radius 1 is 1.04 bits per heavy atom. The number of sulfonamides is 1. The van der Waals surface area contributed by atoms with E-state index in [1.54, 1.807) is 6.07 Å². The van der Waals surface area contributed by atoms with Crippen LogP contribution in [0.4, 0.5) is 23.8 Å². The molecule has 54 heavy (non-hydrogen) atoms. The highest BCUT2D eigenvalue weighted by molar-refractivity contribution is 7.90. The third-order valence-electron chi connectivity index (χ3n) is 9.35. The molecule has 3 aromatic rings. The molecule has 13 nitrogen and oxygen atoms in total. The Morgan fingerprint density at radius 2 is 1.80 bits per heavy atom. The van der Waals surface area contributed by atoms with Crippen molar-refractivity contribution in [2.45, 2.75) is 102 Å². The molecule has 0 spiro atoms. The van der Waals surface area contributed by atoms with Crippen molar-refractivity contribution in [2.24, 2.45) is 17.8 Å². The molecular weight excluding hydrogens is 751 g/mol. The lowest BCUT2D eigenvalue weighted by atomic mass is 9.93. The molecule has 3 unspecified atom stereocenters. The number of rotatable bonds is 15. The summed E-state index contributed by atoms with van der Waals surface area (Å²) in [5.41, 5.74) is -1.02. The fraction of sp³-hybridized carbons (Fsp3) is 0.583. The highest BCUT2D eigenvalue weighted by atomic mass is 35.5. The Morgan fingerprint density at radius 3 is 2.48 bits per heavy atom. The van der Waals surface area contributed by atoms with Gasteiger partial charge in [0.1, 0.15) is 16.6 Å². The van der Waals surface area contributed by atoms with Crippen LogP contribution in [0.2, 0.25) is 5.15 Å². The molecule has 0 aromatic carbocycles. The first-order valence-electron chi connectivity index (χ1n) is 17.9. The quantitative estimate of drug-likeness (QED) is 0.117. The van der Waals surface area contributed by atoms with Gasteiger partial charge in [-0.1, -0.05) is 30.5 Å². The zero-order valence-corrected chi connectivity index (χ0v) is 32.5. The van der Waals surface area contributed by atoms with Gasteiger partial charge in [0, 0.05) is 30.9 Å². The molecule has 5 rings (SSSR count). The summed E-state index contributed by atoms with van der Waals surface area (Å²) in [6, 6.07) is 8.62. The number of pyridine rings is 2. The number of carbonyl (C=O) groups is 2. The number of carbonyl (C=O) groups excluding carboxylic acids is 2. The largest absolute Gasteiger partial charge is 0.477 e. The van der Waals surface area contributed by atoms with Crippen LogP contribution in [-0.2, 0) is 14.8 Å². The van der Waals surface area contributed by atoms with Gasteiger partial charge in [0.05, 0.1) is 18.1 Å². The summed E-state index contributed by atoms with van der Waals surface area (Å²) < 4.78 is 78.7. The summed E-state index contributed by atoms with van der Waals surface area (Å²) in [5.74, 6) is -1.64. The topological polar surface area (TPSA) is 158 Å². The first-order valence-corrected chi connectivity index (χ1v) is 19.8. The lowest BCUT2D eigenvalue weighted by Crippen LogP contribution is -2.45. The van der Waals surface area contributed by atoms with Crippen molar-refractivity contribution in [2.75, 3.05) is 25.0 Å². The van der Waals surface area contributed by atoms with E-state index in [1.165, 1.54) is 41.2 Å². The van der Waals surface area contributed by atoms with Gasteiger partial charge in [-0.3, -0.25) is 4.79 Å². The van der Waals surface area contributed by atoms with E-state index < -0.39 is 39.5 Å². The van der Waals surface area contributed by atoms with Crippen molar-refractivity contribution in [1.29, 1.82) is 0 Å². The smallest absolute Gasteiger partial charge is 0.410 e. The van der Waals surface area contributed by atoms with Gasteiger partial charge in [-0.05, 0) is 103 Å². The number of alkyl halides is 3.